The molecule has 0 unspecified atom stereocenters. The largest absolute Gasteiger partial charge is 0.278 e. The second-order valence-corrected chi connectivity index (χ2v) is 6.31. The van der Waals surface area contributed by atoms with Crippen molar-refractivity contribution in [1.82, 2.24) is 4.98 Å². The number of nitrogens with one attached hydrogen (secondary N) is 1. The van der Waals surface area contributed by atoms with E-state index < -0.39 is 0 Å². The third-order valence-corrected chi connectivity index (χ3v) is 4.36. The van der Waals surface area contributed by atoms with Crippen molar-refractivity contribution in [3.8, 4) is 11.1 Å². The summed E-state index contributed by atoms with van der Waals surface area (Å²) in [5.41, 5.74) is 8.24. The summed E-state index contributed by atoms with van der Waals surface area (Å²) in [6, 6.07) is 26.1. The first-order valence-corrected chi connectivity index (χ1v) is 8.66. The summed E-state index contributed by atoms with van der Waals surface area (Å²) < 4.78 is 0. The van der Waals surface area contributed by atoms with Crippen LogP contribution in [0.2, 0.25) is 5.02 Å². The Labute approximate surface area is 157 Å². The highest BCUT2D eigenvalue weighted by molar-refractivity contribution is 6.31. The van der Waals surface area contributed by atoms with Gasteiger partial charge in [-0.2, -0.15) is 5.10 Å². The molecular weight excluding hydrogens is 342 g/mol. The van der Waals surface area contributed by atoms with Crippen LogP contribution in [0.3, 0.4) is 0 Å². The highest BCUT2D eigenvalue weighted by Gasteiger charge is 2.01. The fourth-order valence-electron chi connectivity index (χ4n) is 2.79. The number of hydrogen-bond acceptors (Lipinski definition) is 3. The van der Waals surface area contributed by atoms with Crippen LogP contribution in [-0.2, 0) is 0 Å². The molecule has 4 heteroatoms. The number of benzene rings is 3. The molecule has 4 aromatic rings. The van der Waals surface area contributed by atoms with Gasteiger partial charge in [0, 0.05) is 16.6 Å². The van der Waals surface area contributed by atoms with E-state index in [1.54, 1.807) is 12.4 Å². The Kier molecular flexibility index (Phi) is 4.63. The molecule has 0 aliphatic carbocycles. The zero-order valence-electron chi connectivity index (χ0n) is 13.9. The Hall–Kier alpha value is -3.17. The smallest absolute Gasteiger partial charge is 0.0738 e. The van der Waals surface area contributed by atoms with Crippen LogP contribution in [0.15, 0.2) is 90.2 Å². The van der Waals surface area contributed by atoms with Gasteiger partial charge in [0.15, 0.2) is 0 Å². The first kappa shape index (κ1) is 16.3. The summed E-state index contributed by atoms with van der Waals surface area (Å²) in [7, 11) is 0. The maximum atomic E-state index is 6.02. The van der Waals surface area contributed by atoms with Gasteiger partial charge in [-0.15, -0.1) is 0 Å². The topological polar surface area (TPSA) is 37.3 Å². The first-order chi connectivity index (χ1) is 12.8. The summed E-state index contributed by atoms with van der Waals surface area (Å²) in [5, 5.41) is 6.00. The number of fused-ring (bicyclic) bond motifs is 1. The number of nitrogens with zero attached hydrogens (tertiary/aromatic N) is 2. The van der Waals surface area contributed by atoms with Gasteiger partial charge in [0.1, 0.15) is 0 Å². The molecule has 0 saturated carbocycles. The molecular formula is C22H16ClN3. The standard InChI is InChI=1S/C22H16ClN3/c23-19-10-11-20-21(12-13-24-22(20)14-19)26-25-15-16-6-8-18(9-7-16)17-4-2-1-3-5-17/h1-15H,(H,24,26). The van der Waals surface area contributed by atoms with Crippen molar-refractivity contribution in [2.45, 2.75) is 0 Å². The Morgan fingerprint density at radius 2 is 1.62 bits per heavy atom. The number of aromatic nitrogens is 1. The molecule has 1 heterocycles. The maximum Gasteiger partial charge on any atom is 0.0738 e. The van der Waals surface area contributed by atoms with Crippen molar-refractivity contribution in [2.75, 3.05) is 5.43 Å². The lowest BCUT2D eigenvalue weighted by molar-refractivity contribution is 1.33. The van der Waals surface area contributed by atoms with E-state index in [1.165, 1.54) is 11.1 Å². The third kappa shape index (κ3) is 3.58. The normalized spacial score (nSPS) is 11.1. The van der Waals surface area contributed by atoms with E-state index in [9.17, 15) is 0 Å². The molecule has 0 fully saturated rings. The van der Waals surface area contributed by atoms with Crippen molar-refractivity contribution < 1.29 is 0 Å². The van der Waals surface area contributed by atoms with Crippen LogP contribution in [-0.4, -0.2) is 11.2 Å². The average Bonchev–Trinajstić information content (AvgIpc) is 2.69. The van der Waals surface area contributed by atoms with E-state index in [1.807, 2.05) is 42.5 Å². The van der Waals surface area contributed by atoms with Crippen LogP contribution < -0.4 is 5.43 Å². The number of halogens is 1. The predicted octanol–water partition coefficient (Wildman–Crippen LogP) is 6.00. The number of rotatable bonds is 4. The molecule has 1 N–H and O–H groups in total. The molecule has 3 aromatic carbocycles. The average molecular weight is 358 g/mol. The van der Waals surface area contributed by atoms with Crippen molar-refractivity contribution in [1.29, 1.82) is 0 Å². The predicted molar refractivity (Wildman–Crippen MR) is 110 cm³/mol. The highest BCUT2D eigenvalue weighted by atomic mass is 35.5. The molecule has 1 aromatic heterocycles. The van der Waals surface area contributed by atoms with E-state index in [-0.39, 0.29) is 0 Å². The molecule has 3 nitrogen and oxygen atoms in total. The van der Waals surface area contributed by atoms with E-state index >= 15 is 0 Å². The van der Waals surface area contributed by atoms with Gasteiger partial charge in [0.25, 0.3) is 0 Å². The molecule has 0 atom stereocenters. The summed E-state index contributed by atoms with van der Waals surface area (Å²) in [6.07, 6.45) is 3.54. The van der Waals surface area contributed by atoms with E-state index in [4.69, 9.17) is 11.6 Å². The van der Waals surface area contributed by atoms with Crippen LogP contribution in [0.5, 0.6) is 0 Å². The molecule has 0 spiro atoms. The van der Waals surface area contributed by atoms with Gasteiger partial charge in [-0.05, 0) is 41.0 Å². The molecule has 0 amide bonds. The van der Waals surface area contributed by atoms with Gasteiger partial charge in [0.2, 0.25) is 0 Å². The fraction of sp³-hybridized carbons (Fsp3) is 0. The lowest BCUT2D eigenvalue weighted by atomic mass is 10.0. The van der Waals surface area contributed by atoms with Crippen molar-refractivity contribution in [3.63, 3.8) is 0 Å². The second-order valence-electron chi connectivity index (χ2n) is 5.88. The Balaban J connectivity index is 1.51. The minimum atomic E-state index is 0.671. The lowest BCUT2D eigenvalue weighted by Crippen LogP contribution is -1.93. The molecule has 0 aliphatic heterocycles. The van der Waals surface area contributed by atoms with E-state index in [0.29, 0.717) is 5.02 Å². The van der Waals surface area contributed by atoms with Crippen LogP contribution in [0.1, 0.15) is 5.56 Å². The van der Waals surface area contributed by atoms with Gasteiger partial charge in [-0.1, -0.05) is 66.2 Å². The van der Waals surface area contributed by atoms with Crippen LogP contribution in [0.25, 0.3) is 22.0 Å². The summed E-state index contributed by atoms with van der Waals surface area (Å²) in [6.45, 7) is 0. The fourth-order valence-corrected chi connectivity index (χ4v) is 2.95. The zero-order chi connectivity index (χ0) is 17.8. The van der Waals surface area contributed by atoms with Crippen LogP contribution in [0, 0.1) is 0 Å². The third-order valence-electron chi connectivity index (χ3n) is 4.12. The summed E-state index contributed by atoms with van der Waals surface area (Å²) in [5.74, 6) is 0. The van der Waals surface area contributed by atoms with Crippen molar-refractivity contribution >= 4 is 34.4 Å². The highest BCUT2D eigenvalue weighted by Crippen LogP contribution is 2.24. The molecule has 0 bridgehead atoms. The second kappa shape index (κ2) is 7.38. The minimum absolute atomic E-state index is 0.671. The van der Waals surface area contributed by atoms with E-state index in [2.05, 4.69) is 51.9 Å². The van der Waals surface area contributed by atoms with Crippen LogP contribution in [0.4, 0.5) is 5.69 Å². The van der Waals surface area contributed by atoms with Gasteiger partial charge >= 0.3 is 0 Å². The van der Waals surface area contributed by atoms with E-state index in [0.717, 1.165) is 22.2 Å². The number of hydrogen-bond donors (Lipinski definition) is 1. The minimum Gasteiger partial charge on any atom is -0.278 e. The Morgan fingerprint density at radius 3 is 2.42 bits per heavy atom. The monoisotopic (exact) mass is 357 g/mol. The molecule has 126 valence electrons. The maximum absolute atomic E-state index is 6.02. The lowest BCUT2D eigenvalue weighted by Gasteiger charge is -2.05. The summed E-state index contributed by atoms with van der Waals surface area (Å²) >= 11 is 6.02. The molecule has 0 aliphatic rings. The number of pyridine rings is 1. The first-order valence-electron chi connectivity index (χ1n) is 8.28. The van der Waals surface area contributed by atoms with Crippen molar-refractivity contribution in [3.05, 3.63) is 95.6 Å². The van der Waals surface area contributed by atoms with Gasteiger partial charge in [0.05, 0.1) is 17.4 Å². The number of anilines is 1. The Morgan fingerprint density at radius 1 is 0.846 bits per heavy atom. The zero-order valence-corrected chi connectivity index (χ0v) is 14.7. The van der Waals surface area contributed by atoms with Crippen molar-refractivity contribution in [2.24, 2.45) is 5.10 Å². The molecule has 0 radical (unpaired) electrons. The molecule has 26 heavy (non-hydrogen) atoms. The molecule has 0 saturated heterocycles. The quantitative estimate of drug-likeness (QED) is 0.359. The van der Waals surface area contributed by atoms with Gasteiger partial charge in [-0.25, -0.2) is 0 Å². The summed E-state index contributed by atoms with van der Waals surface area (Å²) in [4.78, 5) is 4.33. The molecule has 4 rings (SSSR count). The SMILES string of the molecule is Clc1ccc2c(NN=Cc3ccc(-c4ccccc4)cc3)ccnc2c1. The Bertz CT molecular complexity index is 1060. The van der Waals surface area contributed by atoms with Crippen LogP contribution >= 0.6 is 11.6 Å². The number of hydrazone groups is 1. The van der Waals surface area contributed by atoms with Gasteiger partial charge in [-0.3, -0.25) is 10.4 Å². The van der Waals surface area contributed by atoms with Gasteiger partial charge < -0.3 is 0 Å².